The molecule has 2 aromatic carbocycles. The van der Waals surface area contributed by atoms with Crippen LogP contribution in [-0.4, -0.2) is 35.8 Å². The molecule has 3 nitrogen and oxygen atoms in total. The molecule has 0 aliphatic carbocycles. The lowest BCUT2D eigenvalue weighted by Crippen LogP contribution is -2.38. The van der Waals surface area contributed by atoms with Gasteiger partial charge in [0.05, 0.1) is 6.54 Å². The summed E-state index contributed by atoms with van der Waals surface area (Å²) in [5.74, 6) is 0.155. The van der Waals surface area contributed by atoms with Gasteiger partial charge in [-0.05, 0) is 49.1 Å². The summed E-state index contributed by atoms with van der Waals surface area (Å²) in [6.45, 7) is 4.12. The summed E-state index contributed by atoms with van der Waals surface area (Å²) in [6.07, 6.45) is 2.16. The Morgan fingerprint density at radius 2 is 1.92 bits per heavy atom. The fourth-order valence-electron chi connectivity index (χ4n) is 3.54. The van der Waals surface area contributed by atoms with Crippen molar-refractivity contribution < 1.29 is 4.79 Å². The topological polar surface area (TPSA) is 23.6 Å². The maximum atomic E-state index is 12.7. The maximum absolute atomic E-state index is 12.7. The number of rotatable bonds is 5. The lowest BCUT2D eigenvalue weighted by molar-refractivity contribution is -0.131. The molecule has 0 saturated carbocycles. The summed E-state index contributed by atoms with van der Waals surface area (Å²) in [4.78, 5) is 16.8. The summed E-state index contributed by atoms with van der Waals surface area (Å²) in [7, 11) is 1.88. The molecule has 1 heterocycles. The highest BCUT2D eigenvalue weighted by Crippen LogP contribution is 2.35. The molecular weight excluding hydrogens is 332 g/mol. The van der Waals surface area contributed by atoms with Crippen LogP contribution in [0.4, 0.5) is 0 Å². The number of benzene rings is 2. The maximum Gasteiger partial charge on any atom is 0.236 e. The predicted molar refractivity (Wildman–Crippen MR) is 103 cm³/mol. The fraction of sp³-hybridized carbons (Fsp3) is 0.381. The number of likely N-dealkylation sites (tertiary alicyclic amines) is 1. The Morgan fingerprint density at radius 3 is 2.68 bits per heavy atom. The number of hydrogen-bond donors (Lipinski definition) is 0. The zero-order chi connectivity index (χ0) is 17.8. The smallest absolute Gasteiger partial charge is 0.236 e. The molecule has 25 heavy (non-hydrogen) atoms. The third kappa shape index (κ3) is 4.23. The second-order valence-corrected chi connectivity index (χ2v) is 7.23. The molecule has 1 aliphatic rings. The van der Waals surface area contributed by atoms with E-state index >= 15 is 0 Å². The predicted octanol–water partition coefficient (Wildman–Crippen LogP) is 4.44. The lowest BCUT2D eigenvalue weighted by Gasteiger charge is -2.27. The summed E-state index contributed by atoms with van der Waals surface area (Å²) < 4.78 is 0. The second kappa shape index (κ2) is 8.03. The summed E-state index contributed by atoms with van der Waals surface area (Å²) in [5.41, 5.74) is 3.55. The van der Waals surface area contributed by atoms with Crippen LogP contribution in [-0.2, 0) is 11.3 Å². The SMILES string of the molecule is Cc1ccccc1CN(C)C(=O)CN1CCCC1c1ccccc1Cl. The number of carbonyl (C=O) groups excluding carboxylic acids is 1. The van der Waals surface area contributed by atoms with Crippen LogP contribution in [0, 0.1) is 6.92 Å². The van der Waals surface area contributed by atoms with Crippen LogP contribution in [0.3, 0.4) is 0 Å². The first-order valence-corrected chi connectivity index (χ1v) is 9.21. The number of likely N-dealkylation sites (N-methyl/N-ethyl adjacent to an activating group) is 1. The van der Waals surface area contributed by atoms with Gasteiger partial charge in [-0.3, -0.25) is 9.69 Å². The third-order valence-electron chi connectivity index (χ3n) is 5.06. The van der Waals surface area contributed by atoms with Crippen molar-refractivity contribution in [1.82, 2.24) is 9.80 Å². The average molecular weight is 357 g/mol. The fourth-order valence-corrected chi connectivity index (χ4v) is 3.80. The van der Waals surface area contributed by atoms with Gasteiger partial charge >= 0.3 is 0 Å². The van der Waals surface area contributed by atoms with Crippen LogP contribution in [0.1, 0.15) is 35.6 Å². The van der Waals surface area contributed by atoms with Crippen LogP contribution in [0.25, 0.3) is 0 Å². The quantitative estimate of drug-likeness (QED) is 0.790. The first-order chi connectivity index (χ1) is 12.1. The van der Waals surface area contributed by atoms with Crippen molar-refractivity contribution in [2.45, 2.75) is 32.4 Å². The van der Waals surface area contributed by atoms with E-state index in [4.69, 9.17) is 11.6 Å². The largest absolute Gasteiger partial charge is 0.340 e. The Morgan fingerprint density at radius 1 is 1.20 bits per heavy atom. The Balaban J connectivity index is 1.65. The minimum absolute atomic E-state index is 0.155. The van der Waals surface area contributed by atoms with E-state index in [0.717, 1.165) is 30.0 Å². The van der Waals surface area contributed by atoms with Crippen molar-refractivity contribution in [3.05, 3.63) is 70.2 Å². The van der Waals surface area contributed by atoms with E-state index in [9.17, 15) is 4.79 Å². The average Bonchev–Trinajstić information content (AvgIpc) is 3.05. The Hall–Kier alpha value is -1.84. The normalized spacial score (nSPS) is 17.6. The van der Waals surface area contributed by atoms with Crippen molar-refractivity contribution in [1.29, 1.82) is 0 Å². The van der Waals surface area contributed by atoms with Crippen LogP contribution in [0.2, 0.25) is 5.02 Å². The summed E-state index contributed by atoms with van der Waals surface area (Å²) in [5, 5.41) is 0.792. The highest BCUT2D eigenvalue weighted by atomic mass is 35.5. The minimum atomic E-state index is 0.155. The van der Waals surface area contributed by atoms with Gasteiger partial charge in [0.1, 0.15) is 0 Å². The standard InChI is InChI=1S/C21H25ClN2O/c1-16-8-3-4-9-17(16)14-23(2)21(25)15-24-13-7-12-20(24)18-10-5-6-11-19(18)22/h3-6,8-11,20H,7,12-15H2,1-2H3. The van der Waals surface area contributed by atoms with Crippen molar-refractivity contribution in [3.63, 3.8) is 0 Å². The first-order valence-electron chi connectivity index (χ1n) is 8.83. The molecule has 0 bridgehead atoms. The van der Waals surface area contributed by atoms with E-state index in [1.165, 1.54) is 11.1 Å². The zero-order valence-electron chi connectivity index (χ0n) is 14.9. The highest BCUT2D eigenvalue weighted by Gasteiger charge is 2.29. The highest BCUT2D eigenvalue weighted by molar-refractivity contribution is 6.31. The van der Waals surface area contributed by atoms with Gasteiger partial charge in [0, 0.05) is 24.7 Å². The molecule has 0 spiro atoms. The second-order valence-electron chi connectivity index (χ2n) is 6.83. The molecule has 1 amide bonds. The van der Waals surface area contributed by atoms with Crippen molar-refractivity contribution >= 4 is 17.5 Å². The van der Waals surface area contributed by atoms with Gasteiger partial charge in [0.25, 0.3) is 0 Å². The van der Waals surface area contributed by atoms with E-state index in [2.05, 4.69) is 30.0 Å². The molecular formula is C21H25ClN2O. The van der Waals surface area contributed by atoms with Gasteiger partial charge < -0.3 is 4.90 Å². The van der Waals surface area contributed by atoms with Crippen molar-refractivity contribution in [2.75, 3.05) is 20.1 Å². The van der Waals surface area contributed by atoms with Crippen LogP contribution in [0.5, 0.6) is 0 Å². The minimum Gasteiger partial charge on any atom is -0.340 e. The van der Waals surface area contributed by atoms with Gasteiger partial charge in [-0.2, -0.15) is 0 Å². The molecule has 0 aromatic heterocycles. The van der Waals surface area contributed by atoms with E-state index in [1.807, 2.05) is 42.3 Å². The molecule has 0 N–H and O–H groups in total. The molecule has 1 saturated heterocycles. The van der Waals surface area contributed by atoms with Gasteiger partial charge in [0.15, 0.2) is 0 Å². The summed E-state index contributed by atoms with van der Waals surface area (Å²) >= 11 is 6.37. The monoisotopic (exact) mass is 356 g/mol. The first kappa shape index (κ1) is 18.0. The third-order valence-corrected chi connectivity index (χ3v) is 5.40. The zero-order valence-corrected chi connectivity index (χ0v) is 15.7. The Kier molecular flexibility index (Phi) is 5.77. The van der Waals surface area contributed by atoms with Gasteiger partial charge in [0.2, 0.25) is 5.91 Å². The molecule has 0 radical (unpaired) electrons. The molecule has 1 aliphatic heterocycles. The van der Waals surface area contributed by atoms with E-state index in [0.29, 0.717) is 13.1 Å². The number of aryl methyl sites for hydroxylation is 1. The Labute approximate surface area is 155 Å². The van der Waals surface area contributed by atoms with Crippen LogP contribution >= 0.6 is 11.6 Å². The lowest BCUT2D eigenvalue weighted by atomic mass is 10.0. The molecule has 3 rings (SSSR count). The number of carbonyl (C=O) groups is 1. The van der Waals surface area contributed by atoms with Crippen molar-refractivity contribution in [3.8, 4) is 0 Å². The summed E-state index contributed by atoms with van der Waals surface area (Å²) in [6, 6.07) is 16.4. The van der Waals surface area contributed by atoms with Gasteiger partial charge in [-0.15, -0.1) is 0 Å². The van der Waals surface area contributed by atoms with Crippen LogP contribution in [0.15, 0.2) is 48.5 Å². The van der Waals surface area contributed by atoms with E-state index in [-0.39, 0.29) is 11.9 Å². The molecule has 1 unspecified atom stereocenters. The Bertz CT molecular complexity index is 746. The molecule has 1 atom stereocenters. The van der Waals surface area contributed by atoms with E-state index in [1.54, 1.807) is 0 Å². The number of nitrogens with zero attached hydrogens (tertiary/aromatic N) is 2. The molecule has 1 fully saturated rings. The van der Waals surface area contributed by atoms with Crippen LogP contribution < -0.4 is 0 Å². The number of halogens is 1. The number of amides is 1. The number of hydrogen-bond acceptors (Lipinski definition) is 2. The molecule has 4 heteroatoms. The molecule has 132 valence electrons. The van der Waals surface area contributed by atoms with Crippen molar-refractivity contribution in [2.24, 2.45) is 0 Å². The van der Waals surface area contributed by atoms with Gasteiger partial charge in [-0.1, -0.05) is 54.1 Å². The van der Waals surface area contributed by atoms with Gasteiger partial charge in [-0.25, -0.2) is 0 Å². The molecule has 2 aromatic rings. The van der Waals surface area contributed by atoms with E-state index < -0.39 is 0 Å².